The van der Waals surface area contributed by atoms with Gasteiger partial charge in [0.05, 0.1) is 12.1 Å². The van der Waals surface area contributed by atoms with Gasteiger partial charge in [-0.2, -0.15) is 0 Å². The number of hydrogen-bond acceptors (Lipinski definition) is 2. The molecule has 2 aromatic carbocycles. The lowest BCUT2D eigenvalue weighted by Crippen LogP contribution is -2.15. The Hall–Kier alpha value is -1.64. The molecule has 2 heteroatoms. The van der Waals surface area contributed by atoms with E-state index in [9.17, 15) is 5.11 Å². The Morgan fingerprint density at radius 3 is 2.40 bits per heavy atom. The molecule has 1 unspecified atom stereocenters. The minimum Gasteiger partial charge on any atom is -0.387 e. The van der Waals surface area contributed by atoms with Gasteiger partial charge in [-0.1, -0.05) is 54.6 Å². The minimum atomic E-state index is -0.387. The van der Waals surface area contributed by atoms with Gasteiger partial charge in [0.1, 0.15) is 0 Å². The van der Waals surface area contributed by atoms with E-state index in [0.717, 1.165) is 12.1 Å². The van der Waals surface area contributed by atoms with Crippen LogP contribution in [-0.4, -0.2) is 22.6 Å². The molecule has 2 nitrogen and oxygen atoms in total. The van der Waals surface area contributed by atoms with Crippen molar-refractivity contribution in [3.05, 3.63) is 71.3 Å². The van der Waals surface area contributed by atoms with Gasteiger partial charge in [-0.3, -0.25) is 4.90 Å². The van der Waals surface area contributed by atoms with E-state index >= 15 is 0 Å². The molecule has 1 aliphatic heterocycles. The van der Waals surface area contributed by atoms with Crippen molar-refractivity contribution in [2.45, 2.75) is 32.0 Å². The zero-order valence-corrected chi connectivity index (χ0v) is 12.0. The second kappa shape index (κ2) is 5.39. The summed E-state index contributed by atoms with van der Waals surface area (Å²) < 4.78 is 0. The second-order valence-electron chi connectivity index (χ2n) is 5.65. The van der Waals surface area contributed by atoms with Gasteiger partial charge < -0.3 is 5.11 Å². The van der Waals surface area contributed by atoms with Gasteiger partial charge in [0, 0.05) is 12.6 Å². The highest BCUT2D eigenvalue weighted by Gasteiger charge is 2.43. The van der Waals surface area contributed by atoms with Crippen molar-refractivity contribution in [2.75, 3.05) is 6.54 Å². The molecular weight excluding hydrogens is 246 g/mol. The van der Waals surface area contributed by atoms with Gasteiger partial charge in [-0.15, -0.1) is 0 Å². The van der Waals surface area contributed by atoms with Crippen molar-refractivity contribution < 1.29 is 5.11 Å². The number of aryl methyl sites for hydroxylation is 1. The maximum atomic E-state index is 10.6. The first kappa shape index (κ1) is 13.3. The summed E-state index contributed by atoms with van der Waals surface area (Å²) in [5, 5.41) is 10.6. The van der Waals surface area contributed by atoms with Crippen molar-refractivity contribution in [1.82, 2.24) is 4.90 Å². The summed E-state index contributed by atoms with van der Waals surface area (Å²) in [7, 11) is 0. The molecule has 0 amide bonds. The third kappa shape index (κ3) is 2.49. The van der Waals surface area contributed by atoms with Gasteiger partial charge in [-0.05, 0) is 30.5 Å². The molecule has 1 saturated heterocycles. The van der Waals surface area contributed by atoms with Crippen LogP contribution >= 0.6 is 0 Å². The Kier molecular flexibility index (Phi) is 3.60. The summed E-state index contributed by atoms with van der Waals surface area (Å²) in [5.74, 6) is 0. The van der Waals surface area contributed by atoms with E-state index in [1.807, 2.05) is 24.3 Å². The minimum absolute atomic E-state index is 0.242. The van der Waals surface area contributed by atoms with E-state index in [1.165, 1.54) is 11.1 Å². The van der Waals surface area contributed by atoms with Crippen LogP contribution in [0.25, 0.3) is 0 Å². The normalized spacial score (nSPS) is 24.1. The van der Waals surface area contributed by atoms with Crippen LogP contribution in [0.5, 0.6) is 0 Å². The molecule has 1 fully saturated rings. The number of nitrogens with zero attached hydrogens (tertiary/aromatic N) is 1. The van der Waals surface area contributed by atoms with Crippen LogP contribution in [0, 0.1) is 6.92 Å². The van der Waals surface area contributed by atoms with Crippen LogP contribution in [0.4, 0.5) is 0 Å². The molecule has 2 aromatic rings. The predicted molar refractivity (Wildman–Crippen MR) is 81.5 cm³/mol. The molecule has 20 heavy (non-hydrogen) atoms. The molecule has 104 valence electrons. The first-order valence-corrected chi connectivity index (χ1v) is 7.23. The van der Waals surface area contributed by atoms with Gasteiger partial charge in [-0.25, -0.2) is 0 Å². The summed E-state index contributed by atoms with van der Waals surface area (Å²) in [6, 6.07) is 19.2. The van der Waals surface area contributed by atoms with E-state index in [4.69, 9.17) is 0 Å². The van der Waals surface area contributed by atoms with Crippen molar-refractivity contribution in [2.24, 2.45) is 0 Å². The number of aliphatic hydroxyl groups excluding tert-OH is 1. The first-order valence-electron chi connectivity index (χ1n) is 7.23. The van der Waals surface area contributed by atoms with Gasteiger partial charge in [0.2, 0.25) is 0 Å². The smallest absolute Gasteiger partial charge is 0.0960 e. The predicted octanol–water partition coefficient (Wildman–Crippen LogP) is 3.47. The van der Waals surface area contributed by atoms with Crippen LogP contribution < -0.4 is 0 Å². The Morgan fingerprint density at radius 2 is 1.70 bits per heavy atom. The van der Waals surface area contributed by atoms with E-state index in [1.54, 1.807) is 0 Å². The first-order chi connectivity index (χ1) is 9.68. The summed E-state index contributed by atoms with van der Waals surface area (Å²) in [5.41, 5.74) is 3.53. The second-order valence-corrected chi connectivity index (χ2v) is 5.65. The SMILES string of the molecule is Cc1ccccc1[C@@H](O)[C@@H]1CN1[C@H](C)c1ccccc1. The molecule has 0 bridgehead atoms. The number of aliphatic hydroxyl groups is 1. The van der Waals surface area contributed by atoms with Crippen LogP contribution in [0.3, 0.4) is 0 Å². The fraction of sp³-hybridized carbons (Fsp3) is 0.333. The van der Waals surface area contributed by atoms with E-state index in [2.05, 4.69) is 49.1 Å². The fourth-order valence-corrected chi connectivity index (χ4v) is 2.94. The molecule has 0 spiro atoms. The zero-order chi connectivity index (χ0) is 14.1. The zero-order valence-electron chi connectivity index (χ0n) is 12.0. The van der Waals surface area contributed by atoms with E-state index in [-0.39, 0.29) is 12.1 Å². The molecule has 0 saturated carbocycles. The molecule has 4 atom stereocenters. The van der Waals surface area contributed by atoms with Crippen LogP contribution in [-0.2, 0) is 0 Å². The monoisotopic (exact) mass is 267 g/mol. The maximum Gasteiger partial charge on any atom is 0.0960 e. The topological polar surface area (TPSA) is 23.2 Å². The average Bonchev–Trinajstić information content (AvgIpc) is 3.28. The standard InChI is InChI=1S/C18H21NO/c1-13-8-6-7-11-16(13)18(20)17-12-19(17)14(2)15-9-4-3-5-10-15/h3-11,14,17-18,20H,12H2,1-2H3/t14-,17+,18-,19?/m1/s1. The summed E-state index contributed by atoms with van der Waals surface area (Å²) >= 11 is 0. The quantitative estimate of drug-likeness (QED) is 0.857. The lowest BCUT2D eigenvalue weighted by atomic mass is 10.0. The Morgan fingerprint density at radius 1 is 1.05 bits per heavy atom. The molecule has 0 radical (unpaired) electrons. The summed E-state index contributed by atoms with van der Waals surface area (Å²) in [6.45, 7) is 5.23. The Bertz CT molecular complexity index is 581. The molecular formula is C18H21NO. The molecule has 1 aliphatic rings. The molecule has 0 aromatic heterocycles. The molecule has 3 rings (SSSR count). The van der Waals surface area contributed by atoms with Crippen LogP contribution in [0.1, 0.15) is 35.8 Å². The van der Waals surface area contributed by atoms with E-state index in [0.29, 0.717) is 6.04 Å². The van der Waals surface area contributed by atoms with Crippen LogP contribution in [0.15, 0.2) is 54.6 Å². The Labute approximate surface area is 120 Å². The third-order valence-electron chi connectivity index (χ3n) is 4.34. The van der Waals surface area contributed by atoms with E-state index < -0.39 is 0 Å². The van der Waals surface area contributed by atoms with Crippen molar-refractivity contribution in [3.8, 4) is 0 Å². The molecule has 0 aliphatic carbocycles. The van der Waals surface area contributed by atoms with Crippen LogP contribution in [0.2, 0.25) is 0 Å². The Balaban J connectivity index is 1.72. The lowest BCUT2D eigenvalue weighted by molar-refractivity contribution is 0.150. The molecule has 1 N–H and O–H groups in total. The maximum absolute atomic E-state index is 10.6. The molecule has 1 heterocycles. The summed E-state index contributed by atoms with van der Waals surface area (Å²) in [4.78, 5) is 2.35. The van der Waals surface area contributed by atoms with Crippen molar-refractivity contribution in [1.29, 1.82) is 0 Å². The van der Waals surface area contributed by atoms with Gasteiger partial charge in [0.15, 0.2) is 0 Å². The van der Waals surface area contributed by atoms with Gasteiger partial charge >= 0.3 is 0 Å². The van der Waals surface area contributed by atoms with Crippen molar-refractivity contribution in [3.63, 3.8) is 0 Å². The third-order valence-corrected chi connectivity index (χ3v) is 4.34. The average molecular weight is 267 g/mol. The highest BCUT2D eigenvalue weighted by molar-refractivity contribution is 5.30. The van der Waals surface area contributed by atoms with Gasteiger partial charge in [0.25, 0.3) is 0 Å². The highest BCUT2D eigenvalue weighted by atomic mass is 16.3. The van der Waals surface area contributed by atoms with Crippen molar-refractivity contribution >= 4 is 0 Å². The lowest BCUT2D eigenvalue weighted by Gasteiger charge is -2.18. The highest BCUT2D eigenvalue weighted by Crippen LogP contribution is 2.39. The fourth-order valence-electron chi connectivity index (χ4n) is 2.94. The number of benzene rings is 2. The number of rotatable bonds is 4. The largest absolute Gasteiger partial charge is 0.387 e. The summed E-state index contributed by atoms with van der Waals surface area (Å²) in [6.07, 6.45) is -0.387. The number of hydrogen-bond donors (Lipinski definition) is 1.